The number of carbonyl (C=O) groups is 5. The number of allylic oxidation sites excluding steroid dienone is 6. The molecule has 0 radical (unpaired) electrons. The van der Waals surface area contributed by atoms with Crippen molar-refractivity contribution in [2.45, 2.75) is 186 Å². The molecule has 3 fully saturated rings. The third-order valence-electron chi connectivity index (χ3n) is 14.8. The Hall–Kier alpha value is -3.37. The van der Waals surface area contributed by atoms with Gasteiger partial charge in [0.05, 0.1) is 24.4 Å². The third kappa shape index (κ3) is 14.6. The summed E-state index contributed by atoms with van der Waals surface area (Å²) in [5.74, 6) is -7.74. The second-order valence-electron chi connectivity index (χ2n) is 19.9. The number of ketones is 3. The molecule has 66 heavy (non-hydrogen) atoms. The first-order valence-electron chi connectivity index (χ1n) is 24.4. The average Bonchev–Trinajstić information content (AvgIpc) is 3.30. The number of ether oxygens (including phenoxy) is 5. The Labute approximate surface area is 393 Å². The van der Waals surface area contributed by atoms with Crippen molar-refractivity contribution in [2.75, 3.05) is 27.9 Å². The van der Waals surface area contributed by atoms with Crippen LogP contribution in [0.2, 0.25) is 0 Å². The van der Waals surface area contributed by atoms with Gasteiger partial charge in [0.15, 0.2) is 5.78 Å². The Kier molecular flexibility index (Phi) is 21.6. The lowest BCUT2D eigenvalue weighted by atomic mass is 9.78. The summed E-state index contributed by atoms with van der Waals surface area (Å²) >= 11 is 0. The lowest BCUT2D eigenvalue weighted by Gasteiger charge is -2.42. The highest BCUT2D eigenvalue weighted by Crippen LogP contribution is 2.38. The predicted octanol–water partition coefficient (Wildman–Crippen LogP) is 6.57. The number of cyclic esters (lactones) is 1. The Morgan fingerprint density at radius 2 is 1.56 bits per heavy atom. The highest BCUT2D eigenvalue weighted by molar-refractivity contribution is 6.39. The van der Waals surface area contributed by atoms with Gasteiger partial charge in [0, 0.05) is 58.5 Å². The van der Waals surface area contributed by atoms with Crippen LogP contribution in [-0.4, -0.2) is 132 Å². The Bertz CT molecular complexity index is 1770. The number of amides is 1. The molecule has 0 aromatic carbocycles. The van der Waals surface area contributed by atoms with Crippen LogP contribution in [0.25, 0.3) is 0 Å². The molecule has 14 heteroatoms. The summed E-state index contributed by atoms with van der Waals surface area (Å²) in [5.41, 5.74) is 1.29. The quantitative estimate of drug-likeness (QED) is 0.147. The monoisotopic (exact) mass is 928 g/mol. The van der Waals surface area contributed by atoms with Crippen LogP contribution in [0.4, 0.5) is 0 Å². The van der Waals surface area contributed by atoms with Crippen molar-refractivity contribution >= 4 is 29.2 Å². The summed E-state index contributed by atoms with van der Waals surface area (Å²) in [4.78, 5) is 71.8. The van der Waals surface area contributed by atoms with Gasteiger partial charge in [0.25, 0.3) is 11.7 Å². The maximum Gasteiger partial charge on any atom is 0.329 e. The van der Waals surface area contributed by atoms with Crippen molar-refractivity contribution in [3.63, 3.8) is 0 Å². The molecule has 1 amide bonds. The van der Waals surface area contributed by atoms with E-state index in [1.165, 1.54) is 12.0 Å². The maximum absolute atomic E-state index is 14.4. The van der Waals surface area contributed by atoms with Crippen LogP contribution < -0.4 is 0 Å². The van der Waals surface area contributed by atoms with E-state index in [0.29, 0.717) is 63.4 Å². The Balaban J connectivity index is 1.69. The Morgan fingerprint density at radius 3 is 2.24 bits per heavy atom. The molecule has 0 aromatic heterocycles. The molecular formula is C52H81NO13. The molecule has 1 saturated carbocycles. The number of fused-ring (bicyclic) bond motifs is 3. The van der Waals surface area contributed by atoms with E-state index >= 15 is 0 Å². The van der Waals surface area contributed by atoms with Crippen molar-refractivity contribution < 1.29 is 63.0 Å². The number of hydrogen-bond donors (Lipinski definition) is 3. The minimum atomic E-state index is -2.43. The largest absolute Gasteiger partial charge is 0.460 e. The third-order valence-corrected chi connectivity index (χ3v) is 14.8. The first kappa shape index (κ1) is 55.2. The van der Waals surface area contributed by atoms with E-state index in [9.17, 15) is 39.3 Å². The number of Topliss-reactive ketones (excluding diaryl/α,β-unsaturated/α-hetero) is 3. The number of piperidine rings is 1. The van der Waals surface area contributed by atoms with Crippen LogP contribution in [0.15, 0.2) is 47.6 Å². The molecule has 1 aliphatic carbocycles. The molecule has 2 saturated heterocycles. The number of esters is 1. The molecule has 0 aromatic rings. The van der Waals surface area contributed by atoms with E-state index in [2.05, 4.69) is 13.0 Å². The fourth-order valence-electron chi connectivity index (χ4n) is 10.1. The first-order chi connectivity index (χ1) is 31.2. The molecule has 0 spiro atoms. The predicted molar refractivity (Wildman–Crippen MR) is 250 cm³/mol. The molecule has 2 bridgehead atoms. The summed E-state index contributed by atoms with van der Waals surface area (Å²) in [6.45, 7) is 12.8. The Morgan fingerprint density at radius 1 is 0.833 bits per heavy atom. The van der Waals surface area contributed by atoms with Crippen molar-refractivity contribution in [2.24, 2.45) is 35.5 Å². The van der Waals surface area contributed by atoms with Crippen molar-refractivity contribution in [1.82, 2.24) is 4.90 Å². The van der Waals surface area contributed by atoms with E-state index < -0.39 is 83.9 Å². The molecule has 3 heterocycles. The smallest absolute Gasteiger partial charge is 0.329 e. The molecule has 372 valence electrons. The lowest BCUT2D eigenvalue weighted by molar-refractivity contribution is -0.265. The average molecular weight is 928 g/mol. The number of carbonyl (C=O) groups excluding carboxylic acids is 5. The van der Waals surface area contributed by atoms with E-state index in [1.807, 2.05) is 45.1 Å². The van der Waals surface area contributed by atoms with Gasteiger partial charge in [0.1, 0.15) is 30.1 Å². The fourth-order valence-corrected chi connectivity index (χ4v) is 10.1. The van der Waals surface area contributed by atoms with E-state index in [-0.39, 0.29) is 54.8 Å². The molecule has 0 unspecified atom stereocenters. The van der Waals surface area contributed by atoms with Gasteiger partial charge in [-0.25, -0.2) is 4.79 Å². The van der Waals surface area contributed by atoms with E-state index in [1.54, 1.807) is 41.1 Å². The minimum absolute atomic E-state index is 0.0880. The van der Waals surface area contributed by atoms with Gasteiger partial charge in [-0.05, 0) is 113 Å². The van der Waals surface area contributed by atoms with Gasteiger partial charge in [0.2, 0.25) is 5.79 Å². The number of rotatable bonds is 6. The van der Waals surface area contributed by atoms with Crippen molar-refractivity contribution in [1.29, 1.82) is 0 Å². The molecule has 14 nitrogen and oxygen atoms in total. The summed E-state index contributed by atoms with van der Waals surface area (Å²) < 4.78 is 29.4. The van der Waals surface area contributed by atoms with Crippen LogP contribution in [-0.2, 0) is 47.7 Å². The lowest BCUT2D eigenvalue weighted by Crippen LogP contribution is -2.61. The number of nitrogens with zero attached hydrogens (tertiary/aromatic N) is 1. The maximum atomic E-state index is 14.4. The summed E-state index contributed by atoms with van der Waals surface area (Å²) in [6.07, 6.45) is 12.2. The molecule has 4 rings (SSSR count). The van der Waals surface area contributed by atoms with Gasteiger partial charge < -0.3 is 43.9 Å². The van der Waals surface area contributed by atoms with Gasteiger partial charge in [-0.15, -0.1) is 0 Å². The number of aliphatic hydroxyl groups excluding tert-OH is 2. The molecule has 3 N–H and O–H groups in total. The summed E-state index contributed by atoms with van der Waals surface area (Å²) in [7, 11) is 4.54. The minimum Gasteiger partial charge on any atom is -0.460 e. The highest BCUT2D eigenvalue weighted by Gasteiger charge is 2.53. The van der Waals surface area contributed by atoms with E-state index in [0.717, 1.165) is 18.4 Å². The number of methoxy groups -OCH3 is 3. The second kappa shape index (κ2) is 25.8. The molecular weight excluding hydrogens is 847 g/mol. The number of hydrogen-bond acceptors (Lipinski definition) is 13. The zero-order chi connectivity index (χ0) is 48.9. The first-order valence-corrected chi connectivity index (χ1v) is 24.4. The van der Waals surface area contributed by atoms with Gasteiger partial charge in [-0.1, -0.05) is 71.1 Å². The molecule has 4 aliphatic rings. The standard InChI is InChI=1S/C52H81NO13/c1-31-16-12-11-13-17-32(2)43(62-8)29-39-23-21-37(7)52(61,66-39)49(58)50(59)53-25-15-14-18-40(53)51(60)65-44(35(5)27-38-22-24-41(54)45(28-38)63-9)30-42(55)34(4)26-36(6)47(57)48(64-10)46(56)33(3)20-19-31/h11-13,16-17,26,31,33-35,37-41,43-45,47-48,54,57,61H,14-15,18-25,27-30H2,1-10H3/b13-11+,16-12+,32-17?,36-26+/t31-,33-,34-,35-,37-,38+,39+,40+,41-,43+,44+,45-,47-,48+,52-/m1/s1. The van der Waals surface area contributed by atoms with Crippen LogP contribution in [0.1, 0.15) is 132 Å². The van der Waals surface area contributed by atoms with Gasteiger partial charge in [-0.2, -0.15) is 0 Å². The number of aliphatic hydroxyl groups is 3. The van der Waals surface area contributed by atoms with Gasteiger partial charge in [-0.3, -0.25) is 19.2 Å². The second-order valence-corrected chi connectivity index (χ2v) is 19.9. The van der Waals surface area contributed by atoms with E-state index in [4.69, 9.17) is 23.7 Å². The topological polar surface area (TPSA) is 195 Å². The highest BCUT2D eigenvalue weighted by atomic mass is 16.6. The van der Waals surface area contributed by atoms with Gasteiger partial charge >= 0.3 is 5.97 Å². The summed E-state index contributed by atoms with van der Waals surface area (Å²) in [6, 6.07) is -1.14. The van der Waals surface area contributed by atoms with Crippen LogP contribution in [0, 0.1) is 35.5 Å². The molecule has 15 atom stereocenters. The van der Waals surface area contributed by atoms with Crippen molar-refractivity contribution in [3.8, 4) is 0 Å². The fraction of sp³-hybridized carbons (Fsp3) is 0.750. The zero-order valence-electron chi connectivity index (χ0n) is 41.3. The SMILES string of the molecule is CO[C@H]1C[C@@H]2CC[C@@H](C)[C@@](O)(O2)C(=O)C(=O)N2CCCC[C@H]2C(=O)O[C@H]([C@H](C)C[C@@H]2CC[C@@H](O)[C@H](OC)C2)CC(=O)[C@H](C)/C=C(\C)[C@@H](O)[C@@H](OC)C(=O)[C@H](C)CC[C@H](C)/C=C/C=C/C=C1C. The molecule has 3 aliphatic heterocycles. The normalized spacial score (nSPS) is 39.4. The van der Waals surface area contributed by atoms with Crippen LogP contribution >= 0.6 is 0 Å². The van der Waals surface area contributed by atoms with Crippen molar-refractivity contribution in [3.05, 3.63) is 47.6 Å². The van der Waals surface area contributed by atoms with Crippen LogP contribution in [0.5, 0.6) is 0 Å². The summed E-state index contributed by atoms with van der Waals surface area (Å²) in [5, 5.41) is 33.9. The zero-order valence-corrected chi connectivity index (χ0v) is 41.3. The van der Waals surface area contributed by atoms with Crippen LogP contribution in [0.3, 0.4) is 0 Å².